The Hall–Kier alpha value is -2.11. The number of carbonyl (C=O) groups excluding carboxylic acids is 1. The van der Waals surface area contributed by atoms with Crippen LogP contribution in [0.4, 0.5) is 4.39 Å². The number of aliphatic carboxylic acids is 1. The van der Waals surface area contributed by atoms with Crippen LogP contribution >= 0.6 is 0 Å². The lowest BCUT2D eigenvalue weighted by atomic mass is 9.97. The average molecular weight is 311 g/mol. The van der Waals surface area contributed by atoms with E-state index in [2.05, 4.69) is 5.32 Å². The minimum atomic E-state index is -0.906. The molecular weight excluding hydrogens is 289 g/mol. The van der Waals surface area contributed by atoms with Crippen molar-refractivity contribution in [2.75, 3.05) is 13.2 Å². The molecule has 0 spiro atoms. The fraction of sp³-hybridized carbons (Fsp3) is 0.500. The molecule has 1 aromatic carbocycles. The van der Waals surface area contributed by atoms with Crippen LogP contribution in [0, 0.1) is 17.7 Å². The zero-order valence-corrected chi connectivity index (χ0v) is 12.8. The van der Waals surface area contributed by atoms with Gasteiger partial charge in [0.25, 0.3) is 0 Å². The second kappa shape index (κ2) is 9.02. The molecule has 5 nitrogen and oxygen atoms in total. The van der Waals surface area contributed by atoms with Crippen molar-refractivity contribution in [2.45, 2.75) is 26.7 Å². The van der Waals surface area contributed by atoms with Crippen LogP contribution in [-0.2, 0) is 9.59 Å². The number of hydrogen-bond donors (Lipinski definition) is 2. The first-order chi connectivity index (χ1) is 10.4. The number of amides is 1. The monoisotopic (exact) mass is 311 g/mol. The Morgan fingerprint density at radius 1 is 1.27 bits per heavy atom. The largest absolute Gasteiger partial charge is 0.493 e. The van der Waals surface area contributed by atoms with Crippen molar-refractivity contribution in [3.63, 3.8) is 0 Å². The maximum Gasteiger partial charge on any atom is 0.308 e. The Labute approximate surface area is 129 Å². The summed E-state index contributed by atoms with van der Waals surface area (Å²) < 4.78 is 18.0. The molecule has 0 saturated carbocycles. The van der Waals surface area contributed by atoms with Crippen molar-refractivity contribution in [2.24, 2.45) is 11.8 Å². The van der Waals surface area contributed by atoms with Crippen molar-refractivity contribution >= 4 is 11.9 Å². The van der Waals surface area contributed by atoms with Gasteiger partial charge < -0.3 is 15.2 Å². The molecule has 1 atom stereocenters. The smallest absolute Gasteiger partial charge is 0.308 e. The maximum atomic E-state index is 12.7. The summed E-state index contributed by atoms with van der Waals surface area (Å²) in [6, 6.07) is 5.52. The highest BCUT2D eigenvalue weighted by Gasteiger charge is 2.19. The lowest BCUT2D eigenvalue weighted by Gasteiger charge is -2.15. The molecule has 2 N–H and O–H groups in total. The van der Waals surface area contributed by atoms with Crippen LogP contribution in [0.15, 0.2) is 24.3 Å². The maximum absolute atomic E-state index is 12.7. The summed E-state index contributed by atoms with van der Waals surface area (Å²) in [7, 11) is 0. The van der Waals surface area contributed by atoms with Gasteiger partial charge in [0, 0.05) is 6.54 Å². The summed E-state index contributed by atoms with van der Waals surface area (Å²) in [5.74, 6) is -1.37. The number of ether oxygens (including phenoxy) is 1. The van der Waals surface area contributed by atoms with Crippen LogP contribution in [-0.4, -0.2) is 30.1 Å². The van der Waals surface area contributed by atoms with Crippen LogP contribution in [0.1, 0.15) is 26.7 Å². The van der Waals surface area contributed by atoms with Crippen LogP contribution in [0.2, 0.25) is 0 Å². The number of benzene rings is 1. The van der Waals surface area contributed by atoms with Gasteiger partial charge in [0.05, 0.1) is 18.9 Å². The molecule has 0 bridgehead atoms. The van der Waals surface area contributed by atoms with Gasteiger partial charge in [-0.25, -0.2) is 4.39 Å². The number of halogens is 1. The van der Waals surface area contributed by atoms with Crippen molar-refractivity contribution in [3.05, 3.63) is 30.1 Å². The molecule has 1 aromatic rings. The SMILES string of the molecule is CC(C)CC(CNC(=O)CCOc1ccc(F)cc1)C(=O)O. The van der Waals surface area contributed by atoms with E-state index >= 15 is 0 Å². The van der Waals surface area contributed by atoms with Gasteiger partial charge >= 0.3 is 5.97 Å². The Balaban J connectivity index is 2.27. The molecule has 0 aliphatic carbocycles. The lowest BCUT2D eigenvalue weighted by molar-refractivity contribution is -0.142. The van der Waals surface area contributed by atoms with E-state index < -0.39 is 11.9 Å². The number of hydrogen-bond acceptors (Lipinski definition) is 3. The Morgan fingerprint density at radius 2 is 1.91 bits per heavy atom. The first kappa shape index (κ1) is 17.9. The second-order valence-electron chi connectivity index (χ2n) is 5.52. The van der Waals surface area contributed by atoms with Crippen LogP contribution in [0.3, 0.4) is 0 Å². The van der Waals surface area contributed by atoms with Gasteiger partial charge in [-0.05, 0) is 36.6 Å². The summed E-state index contributed by atoms with van der Waals surface area (Å²) in [4.78, 5) is 22.7. The summed E-state index contributed by atoms with van der Waals surface area (Å²) in [6.07, 6.45) is 0.632. The molecule has 122 valence electrons. The molecule has 0 radical (unpaired) electrons. The number of carboxylic acids is 1. The van der Waals surface area contributed by atoms with Gasteiger partial charge in [0.15, 0.2) is 0 Å². The zero-order chi connectivity index (χ0) is 16.5. The fourth-order valence-electron chi connectivity index (χ4n) is 1.96. The van der Waals surface area contributed by atoms with Gasteiger partial charge in [-0.15, -0.1) is 0 Å². The molecule has 0 aliphatic heterocycles. The highest BCUT2D eigenvalue weighted by molar-refractivity contribution is 5.77. The number of carbonyl (C=O) groups is 2. The molecule has 0 heterocycles. The average Bonchev–Trinajstić information content (AvgIpc) is 2.45. The normalized spacial score (nSPS) is 12.0. The number of carboxylic acid groups (broad SMARTS) is 1. The minimum absolute atomic E-state index is 0.114. The van der Waals surface area contributed by atoms with E-state index in [0.717, 1.165) is 0 Å². The van der Waals surface area contributed by atoms with Crippen molar-refractivity contribution in [3.8, 4) is 5.75 Å². The number of nitrogens with one attached hydrogen (secondary N) is 1. The topological polar surface area (TPSA) is 75.6 Å². The lowest BCUT2D eigenvalue weighted by Crippen LogP contribution is -2.34. The van der Waals surface area contributed by atoms with E-state index in [4.69, 9.17) is 9.84 Å². The molecule has 0 fully saturated rings. The van der Waals surface area contributed by atoms with Crippen LogP contribution in [0.25, 0.3) is 0 Å². The van der Waals surface area contributed by atoms with E-state index in [1.807, 2.05) is 13.8 Å². The second-order valence-corrected chi connectivity index (χ2v) is 5.52. The van der Waals surface area contributed by atoms with E-state index in [-0.39, 0.29) is 37.2 Å². The van der Waals surface area contributed by atoms with Gasteiger partial charge in [-0.1, -0.05) is 13.8 Å². The molecule has 0 aliphatic rings. The quantitative estimate of drug-likeness (QED) is 0.734. The molecule has 1 amide bonds. The summed E-state index contributed by atoms with van der Waals surface area (Å²) in [5, 5.41) is 11.7. The van der Waals surface area contributed by atoms with Gasteiger partial charge in [0.2, 0.25) is 5.91 Å². The van der Waals surface area contributed by atoms with Crippen LogP contribution in [0.5, 0.6) is 5.75 Å². The van der Waals surface area contributed by atoms with Crippen molar-refractivity contribution < 1.29 is 23.8 Å². The van der Waals surface area contributed by atoms with Crippen molar-refractivity contribution in [1.82, 2.24) is 5.32 Å². The molecule has 0 saturated heterocycles. The van der Waals surface area contributed by atoms with Gasteiger partial charge in [-0.2, -0.15) is 0 Å². The molecular formula is C16H22FNO4. The minimum Gasteiger partial charge on any atom is -0.493 e. The highest BCUT2D eigenvalue weighted by Crippen LogP contribution is 2.12. The Morgan fingerprint density at radius 3 is 2.45 bits per heavy atom. The third kappa shape index (κ3) is 7.06. The molecule has 0 aromatic heterocycles. The molecule has 22 heavy (non-hydrogen) atoms. The third-order valence-electron chi connectivity index (χ3n) is 3.06. The molecule has 1 unspecified atom stereocenters. The number of rotatable bonds is 9. The summed E-state index contributed by atoms with van der Waals surface area (Å²) >= 11 is 0. The van der Waals surface area contributed by atoms with Crippen LogP contribution < -0.4 is 10.1 Å². The molecule has 6 heteroatoms. The predicted octanol–water partition coefficient (Wildman–Crippen LogP) is 2.46. The fourth-order valence-corrected chi connectivity index (χ4v) is 1.96. The van der Waals surface area contributed by atoms with Crippen molar-refractivity contribution in [1.29, 1.82) is 0 Å². The van der Waals surface area contributed by atoms with E-state index in [0.29, 0.717) is 12.2 Å². The summed E-state index contributed by atoms with van der Waals surface area (Å²) in [6.45, 7) is 4.14. The van der Waals surface area contributed by atoms with E-state index in [1.165, 1.54) is 24.3 Å². The summed E-state index contributed by atoms with van der Waals surface area (Å²) in [5.41, 5.74) is 0. The Kier molecular flexibility index (Phi) is 7.36. The van der Waals surface area contributed by atoms with Gasteiger partial charge in [-0.3, -0.25) is 9.59 Å². The Bertz CT molecular complexity index is 487. The first-order valence-corrected chi connectivity index (χ1v) is 7.26. The standard InChI is InChI=1S/C16H22FNO4/c1-11(2)9-12(16(20)21)10-18-15(19)7-8-22-14-5-3-13(17)4-6-14/h3-6,11-12H,7-10H2,1-2H3,(H,18,19)(H,20,21). The zero-order valence-electron chi connectivity index (χ0n) is 12.8. The van der Waals surface area contributed by atoms with E-state index in [1.54, 1.807) is 0 Å². The predicted molar refractivity (Wildman–Crippen MR) is 80.1 cm³/mol. The highest BCUT2D eigenvalue weighted by atomic mass is 19.1. The third-order valence-corrected chi connectivity index (χ3v) is 3.06. The first-order valence-electron chi connectivity index (χ1n) is 7.26. The molecule has 1 rings (SSSR count). The van der Waals surface area contributed by atoms with Gasteiger partial charge in [0.1, 0.15) is 11.6 Å². The van der Waals surface area contributed by atoms with E-state index in [9.17, 15) is 14.0 Å².